The van der Waals surface area contributed by atoms with Crippen LogP contribution in [-0.2, 0) is 11.3 Å². The zero-order valence-electron chi connectivity index (χ0n) is 10.2. The number of nitrogens with zero attached hydrogens (tertiary/aromatic N) is 1. The molecule has 0 saturated carbocycles. The van der Waals surface area contributed by atoms with Crippen LogP contribution >= 0.6 is 27.5 Å². The van der Waals surface area contributed by atoms with E-state index in [9.17, 15) is 0 Å². The molecule has 0 atom stereocenters. The van der Waals surface area contributed by atoms with Crippen molar-refractivity contribution in [2.45, 2.75) is 6.61 Å². The molecule has 0 fully saturated rings. The topological polar surface area (TPSA) is 31.4 Å². The first-order valence-electron chi connectivity index (χ1n) is 5.81. The molecule has 1 heterocycles. The normalized spacial score (nSPS) is 10.4. The minimum Gasteiger partial charge on any atom is -0.488 e. The molecule has 0 aliphatic heterocycles. The van der Waals surface area contributed by atoms with Crippen molar-refractivity contribution in [1.29, 1.82) is 0 Å². The standard InChI is InChI=1S/C14H13BrClNO2/c15-12-8-13(14(16)17-9-12)19-7-6-18-10-11-4-2-1-3-5-11/h1-5,8-9H,6-7,10H2. The molecule has 0 radical (unpaired) electrons. The molecule has 19 heavy (non-hydrogen) atoms. The number of benzene rings is 1. The molecule has 0 bridgehead atoms. The van der Waals surface area contributed by atoms with Crippen molar-refractivity contribution in [3.63, 3.8) is 0 Å². The fourth-order valence-corrected chi connectivity index (χ4v) is 1.95. The molecule has 0 aliphatic carbocycles. The van der Waals surface area contributed by atoms with Gasteiger partial charge in [-0.15, -0.1) is 0 Å². The lowest BCUT2D eigenvalue weighted by atomic mass is 10.2. The largest absolute Gasteiger partial charge is 0.488 e. The van der Waals surface area contributed by atoms with Gasteiger partial charge in [-0.1, -0.05) is 41.9 Å². The summed E-state index contributed by atoms with van der Waals surface area (Å²) in [5.41, 5.74) is 1.14. The summed E-state index contributed by atoms with van der Waals surface area (Å²) in [6, 6.07) is 11.8. The van der Waals surface area contributed by atoms with Crippen LogP contribution in [0.4, 0.5) is 0 Å². The third-order valence-corrected chi connectivity index (χ3v) is 3.09. The highest BCUT2D eigenvalue weighted by Gasteiger charge is 2.03. The molecular formula is C14H13BrClNO2. The highest BCUT2D eigenvalue weighted by molar-refractivity contribution is 9.10. The molecular weight excluding hydrogens is 330 g/mol. The molecule has 0 amide bonds. The Morgan fingerprint density at radius 3 is 2.74 bits per heavy atom. The summed E-state index contributed by atoms with van der Waals surface area (Å²) in [5.74, 6) is 0.555. The molecule has 5 heteroatoms. The number of ether oxygens (including phenoxy) is 2. The Morgan fingerprint density at radius 1 is 1.16 bits per heavy atom. The maximum Gasteiger partial charge on any atom is 0.171 e. The van der Waals surface area contributed by atoms with Crippen molar-refractivity contribution in [3.05, 3.63) is 57.8 Å². The number of aromatic nitrogens is 1. The predicted octanol–water partition coefficient (Wildman–Crippen LogP) is 4.09. The van der Waals surface area contributed by atoms with E-state index in [0.717, 1.165) is 10.0 Å². The fraction of sp³-hybridized carbons (Fsp3) is 0.214. The van der Waals surface area contributed by atoms with E-state index in [4.69, 9.17) is 21.1 Å². The Bertz CT molecular complexity index is 522. The van der Waals surface area contributed by atoms with Crippen LogP contribution in [0, 0.1) is 0 Å². The van der Waals surface area contributed by atoms with E-state index >= 15 is 0 Å². The second-order valence-corrected chi connectivity index (χ2v) is 5.10. The first kappa shape index (κ1) is 14.3. The molecule has 100 valence electrons. The second-order valence-electron chi connectivity index (χ2n) is 3.83. The third kappa shape index (κ3) is 4.82. The Hall–Kier alpha value is -1.10. The zero-order valence-corrected chi connectivity index (χ0v) is 12.5. The molecule has 2 rings (SSSR count). The van der Waals surface area contributed by atoms with Gasteiger partial charge in [-0.3, -0.25) is 0 Å². The highest BCUT2D eigenvalue weighted by atomic mass is 79.9. The molecule has 0 unspecified atom stereocenters. The summed E-state index contributed by atoms with van der Waals surface area (Å²) >= 11 is 9.22. The minimum atomic E-state index is 0.353. The van der Waals surface area contributed by atoms with Crippen LogP contribution in [0.15, 0.2) is 47.1 Å². The zero-order chi connectivity index (χ0) is 13.5. The molecule has 2 aromatic rings. The first-order valence-corrected chi connectivity index (χ1v) is 6.98. The smallest absolute Gasteiger partial charge is 0.171 e. The summed E-state index contributed by atoms with van der Waals surface area (Å²) in [6.07, 6.45) is 1.63. The average molecular weight is 343 g/mol. The van der Waals surface area contributed by atoms with Gasteiger partial charge in [0, 0.05) is 10.7 Å². The van der Waals surface area contributed by atoms with E-state index in [1.807, 2.05) is 30.3 Å². The molecule has 1 aromatic carbocycles. The second kappa shape index (κ2) is 7.48. The molecule has 3 nitrogen and oxygen atoms in total. The highest BCUT2D eigenvalue weighted by Crippen LogP contribution is 2.25. The molecule has 1 aromatic heterocycles. The predicted molar refractivity (Wildman–Crippen MR) is 78.5 cm³/mol. The summed E-state index contributed by atoms with van der Waals surface area (Å²) in [5, 5.41) is 0.353. The number of hydrogen-bond acceptors (Lipinski definition) is 3. The lowest BCUT2D eigenvalue weighted by molar-refractivity contribution is 0.0888. The van der Waals surface area contributed by atoms with Crippen LogP contribution in [0.5, 0.6) is 5.75 Å². The van der Waals surface area contributed by atoms with Gasteiger partial charge in [-0.05, 0) is 27.6 Å². The lowest BCUT2D eigenvalue weighted by Crippen LogP contribution is -2.07. The molecule has 0 aliphatic rings. The van der Waals surface area contributed by atoms with Crippen molar-refractivity contribution >= 4 is 27.5 Å². The Balaban J connectivity index is 1.71. The van der Waals surface area contributed by atoms with Crippen LogP contribution in [0.25, 0.3) is 0 Å². The number of hydrogen-bond donors (Lipinski definition) is 0. The van der Waals surface area contributed by atoms with Gasteiger partial charge in [0.05, 0.1) is 13.2 Å². The average Bonchev–Trinajstić information content (AvgIpc) is 2.43. The van der Waals surface area contributed by atoms with Crippen LogP contribution < -0.4 is 4.74 Å². The van der Waals surface area contributed by atoms with E-state index in [1.165, 1.54) is 0 Å². The van der Waals surface area contributed by atoms with Gasteiger partial charge in [0.15, 0.2) is 10.9 Å². The summed E-state index contributed by atoms with van der Waals surface area (Å²) in [7, 11) is 0. The molecule has 0 N–H and O–H groups in total. The summed E-state index contributed by atoms with van der Waals surface area (Å²) in [6.45, 7) is 1.51. The van der Waals surface area contributed by atoms with Gasteiger partial charge in [-0.25, -0.2) is 4.98 Å². The Kier molecular flexibility index (Phi) is 5.63. The van der Waals surface area contributed by atoms with Gasteiger partial charge in [0.25, 0.3) is 0 Å². The Morgan fingerprint density at radius 2 is 1.95 bits per heavy atom. The Labute approximate surface area is 125 Å². The van der Waals surface area contributed by atoms with Crippen molar-refractivity contribution in [3.8, 4) is 5.75 Å². The van der Waals surface area contributed by atoms with E-state index in [0.29, 0.717) is 30.7 Å². The fourth-order valence-electron chi connectivity index (χ4n) is 1.48. The van der Waals surface area contributed by atoms with E-state index in [1.54, 1.807) is 12.3 Å². The van der Waals surface area contributed by atoms with Crippen molar-refractivity contribution in [1.82, 2.24) is 4.98 Å². The van der Waals surface area contributed by atoms with E-state index in [-0.39, 0.29) is 0 Å². The summed E-state index contributed by atoms with van der Waals surface area (Å²) < 4.78 is 11.8. The molecule has 0 spiro atoms. The summed E-state index contributed by atoms with van der Waals surface area (Å²) in [4.78, 5) is 3.98. The third-order valence-electron chi connectivity index (χ3n) is 2.37. The van der Waals surface area contributed by atoms with Gasteiger partial charge in [-0.2, -0.15) is 0 Å². The minimum absolute atomic E-state index is 0.353. The van der Waals surface area contributed by atoms with Crippen LogP contribution in [0.2, 0.25) is 5.15 Å². The van der Waals surface area contributed by atoms with Gasteiger partial charge >= 0.3 is 0 Å². The molecule has 0 saturated heterocycles. The SMILES string of the molecule is Clc1ncc(Br)cc1OCCOCc1ccccc1. The van der Waals surface area contributed by atoms with E-state index < -0.39 is 0 Å². The van der Waals surface area contributed by atoms with Crippen LogP contribution in [-0.4, -0.2) is 18.2 Å². The van der Waals surface area contributed by atoms with E-state index in [2.05, 4.69) is 20.9 Å². The number of pyridine rings is 1. The number of halogens is 2. The van der Waals surface area contributed by atoms with Gasteiger partial charge < -0.3 is 9.47 Å². The van der Waals surface area contributed by atoms with Gasteiger partial charge in [0.1, 0.15) is 6.61 Å². The maximum absolute atomic E-state index is 5.91. The van der Waals surface area contributed by atoms with Crippen molar-refractivity contribution in [2.24, 2.45) is 0 Å². The maximum atomic E-state index is 5.91. The first-order chi connectivity index (χ1) is 9.25. The van der Waals surface area contributed by atoms with Crippen LogP contribution in [0.3, 0.4) is 0 Å². The monoisotopic (exact) mass is 341 g/mol. The van der Waals surface area contributed by atoms with Crippen molar-refractivity contribution < 1.29 is 9.47 Å². The number of rotatable bonds is 6. The van der Waals surface area contributed by atoms with Crippen LogP contribution in [0.1, 0.15) is 5.56 Å². The lowest BCUT2D eigenvalue weighted by Gasteiger charge is -2.08. The van der Waals surface area contributed by atoms with Gasteiger partial charge in [0.2, 0.25) is 0 Å². The quantitative estimate of drug-likeness (QED) is 0.585. The van der Waals surface area contributed by atoms with Crippen molar-refractivity contribution in [2.75, 3.05) is 13.2 Å².